The fourth-order valence-electron chi connectivity index (χ4n) is 2.07. The van der Waals surface area contributed by atoms with Gasteiger partial charge in [0, 0.05) is 19.3 Å². The molecule has 0 saturated heterocycles. The van der Waals surface area contributed by atoms with Gasteiger partial charge in [-0.05, 0) is 45.1 Å². The summed E-state index contributed by atoms with van der Waals surface area (Å²) in [6.07, 6.45) is 4.71. The second kappa shape index (κ2) is 6.56. The lowest BCUT2D eigenvalue weighted by molar-refractivity contribution is 0.194. The van der Waals surface area contributed by atoms with Gasteiger partial charge in [0.2, 0.25) is 0 Å². The molecule has 0 heterocycles. The molecule has 1 rings (SSSR count). The first-order chi connectivity index (χ1) is 6.77. The third-order valence-corrected chi connectivity index (χ3v) is 5.62. The van der Waals surface area contributed by atoms with E-state index in [2.05, 4.69) is 0 Å². The number of nitrogens with two attached hydrogens (primary N) is 1. The minimum absolute atomic E-state index is 0.421. The van der Waals surface area contributed by atoms with Gasteiger partial charge in [-0.1, -0.05) is 0 Å². The second-order valence-corrected chi connectivity index (χ2v) is 6.30. The Labute approximate surface area is 88.8 Å². The summed E-state index contributed by atoms with van der Waals surface area (Å²) in [7, 11) is -1.40. The Balaban J connectivity index is 2.34. The van der Waals surface area contributed by atoms with E-state index in [0.717, 1.165) is 26.1 Å². The maximum atomic E-state index is 5.88. The minimum atomic E-state index is -1.40. The van der Waals surface area contributed by atoms with Crippen molar-refractivity contribution in [2.45, 2.75) is 51.1 Å². The molecule has 1 saturated carbocycles. The molecule has 3 nitrogen and oxygen atoms in total. The first kappa shape index (κ1) is 12.2. The Morgan fingerprint density at radius 3 is 2.00 bits per heavy atom. The zero-order chi connectivity index (χ0) is 10.4. The molecule has 0 spiro atoms. The smallest absolute Gasteiger partial charge is 0.324 e. The Bertz CT molecular complexity index is 143. The second-order valence-electron chi connectivity index (χ2n) is 3.95. The predicted octanol–water partition coefficient (Wildman–Crippen LogP) is 1.55. The van der Waals surface area contributed by atoms with E-state index >= 15 is 0 Å². The Morgan fingerprint density at radius 1 is 1.07 bits per heavy atom. The van der Waals surface area contributed by atoms with Crippen LogP contribution < -0.4 is 5.73 Å². The number of hydrogen-bond acceptors (Lipinski definition) is 3. The van der Waals surface area contributed by atoms with Crippen molar-refractivity contribution in [3.05, 3.63) is 0 Å². The molecular formula is C10H23NO2Si. The quantitative estimate of drug-likeness (QED) is 0.711. The van der Waals surface area contributed by atoms with Crippen molar-refractivity contribution in [3.8, 4) is 0 Å². The highest BCUT2D eigenvalue weighted by atomic mass is 28.3. The monoisotopic (exact) mass is 217 g/mol. The van der Waals surface area contributed by atoms with Crippen LogP contribution in [0.5, 0.6) is 0 Å². The maximum absolute atomic E-state index is 5.88. The van der Waals surface area contributed by atoms with Gasteiger partial charge in [-0.2, -0.15) is 0 Å². The van der Waals surface area contributed by atoms with Crippen LogP contribution in [0.2, 0.25) is 5.54 Å². The van der Waals surface area contributed by atoms with Crippen LogP contribution in [0.4, 0.5) is 0 Å². The molecule has 0 aromatic carbocycles. The van der Waals surface area contributed by atoms with Crippen LogP contribution in [0.1, 0.15) is 39.5 Å². The van der Waals surface area contributed by atoms with Crippen molar-refractivity contribution >= 4 is 9.28 Å². The first-order valence-electron chi connectivity index (χ1n) is 5.76. The molecule has 1 fully saturated rings. The average Bonchev–Trinajstić information content (AvgIpc) is 2.19. The molecule has 14 heavy (non-hydrogen) atoms. The van der Waals surface area contributed by atoms with Crippen LogP contribution in [0.3, 0.4) is 0 Å². The molecule has 0 amide bonds. The van der Waals surface area contributed by atoms with Gasteiger partial charge >= 0.3 is 9.28 Å². The molecule has 1 aliphatic carbocycles. The van der Waals surface area contributed by atoms with Crippen molar-refractivity contribution < 1.29 is 8.85 Å². The minimum Gasteiger partial charge on any atom is -0.397 e. The summed E-state index contributed by atoms with van der Waals surface area (Å²) < 4.78 is 11.5. The van der Waals surface area contributed by atoms with Gasteiger partial charge in [-0.25, -0.2) is 0 Å². The van der Waals surface area contributed by atoms with Crippen LogP contribution >= 0.6 is 0 Å². The number of hydrogen-bond donors (Lipinski definition) is 1. The normalized spacial score (nSPS) is 28.3. The summed E-state index contributed by atoms with van der Waals surface area (Å²) in [5, 5.41) is 0. The first-order valence-corrected chi connectivity index (χ1v) is 7.37. The lowest BCUT2D eigenvalue weighted by Crippen LogP contribution is -2.35. The van der Waals surface area contributed by atoms with E-state index in [0.29, 0.717) is 11.6 Å². The van der Waals surface area contributed by atoms with Gasteiger partial charge in [0.1, 0.15) is 0 Å². The predicted molar refractivity (Wildman–Crippen MR) is 60.6 cm³/mol. The lowest BCUT2D eigenvalue weighted by Gasteiger charge is -2.30. The zero-order valence-corrected chi connectivity index (χ0v) is 10.5. The molecule has 2 N–H and O–H groups in total. The highest BCUT2D eigenvalue weighted by Crippen LogP contribution is 2.31. The average molecular weight is 217 g/mol. The van der Waals surface area contributed by atoms with E-state index in [1.54, 1.807) is 0 Å². The molecule has 0 aromatic rings. The van der Waals surface area contributed by atoms with E-state index in [4.69, 9.17) is 14.6 Å². The standard InChI is InChI=1S/C10H23NO2Si/c1-3-12-14(13-4-2)10-7-5-9(11)6-8-10/h9-10,14H,3-8,11H2,1-2H3. The molecule has 0 radical (unpaired) electrons. The van der Waals surface area contributed by atoms with Gasteiger partial charge < -0.3 is 14.6 Å². The van der Waals surface area contributed by atoms with Gasteiger partial charge in [-0.3, -0.25) is 0 Å². The number of rotatable bonds is 5. The van der Waals surface area contributed by atoms with Crippen LogP contribution in [0.25, 0.3) is 0 Å². The summed E-state index contributed by atoms with van der Waals surface area (Å²) in [5.74, 6) is 0. The highest BCUT2D eigenvalue weighted by molar-refractivity contribution is 6.46. The van der Waals surface area contributed by atoms with E-state index < -0.39 is 9.28 Å². The van der Waals surface area contributed by atoms with Gasteiger partial charge in [-0.15, -0.1) is 0 Å². The van der Waals surface area contributed by atoms with E-state index in [9.17, 15) is 0 Å². The van der Waals surface area contributed by atoms with Crippen LogP contribution in [0.15, 0.2) is 0 Å². The van der Waals surface area contributed by atoms with Crippen LogP contribution in [-0.2, 0) is 8.85 Å². The van der Waals surface area contributed by atoms with Crippen molar-refractivity contribution in [3.63, 3.8) is 0 Å². The van der Waals surface area contributed by atoms with Gasteiger partial charge in [0.25, 0.3) is 0 Å². The Hall–Kier alpha value is 0.0969. The Morgan fingerprint density at radius 2 is 1.57 bits per heavy atom. The van der Waals surface area contributed by atoms with Crippen LogP contribution in [-0.4, -0.2) is 28.5 Å². The van der Waals surface area contributed by atoms with Crippen molar-refractivity contribution in [1.82, 2.24) is 0 Å². The summed E-state index contributed by atoms with van der Waals surface area (Å²) in [4.78, 5) is 0. The van der Waals surface area contributed by atoms with Crippen molar-refractivity contribution in [2.75, 3.05) is 13.2 Å². The van der Waals surface area contributed by atoms with E-state index in [1.165, 1.54) is 12.8 Å². The summed E-state index contributed by atoms with van der Waals surface area (Å²) in [6.45, 7) is 5.68. The zero-order valence-electron chi connectivity index (χ0n) is 9.37. The highest BCUT2D eigenvalue weighted by Gasteiger charge is 2.29. The molecule has 0 aliphatic heterocycles. The van der Waals surface area contributed by atoms with E-state index in [-0.39, 0.29) is 0 Å². The fourth-order valence-corrected chi connectivity index (χ4v) is 4.29. The Kier molecular flexibility index (Phi) is 5.70. The third-order valence-electron chi connectivity index (χ3n) is 2.86. The van der Waals surface area contributed by atoms with Gasteiger partial charge in [0.05, 0.1) is 0 Å². The summed E-state index contributed by atoms with van der Waals surface area (Å²) in [6, 6.07) is 0.421. The topological polar surface area (TPSA) is 44.5 Å². The SMILES string of the molecule is CCO[SiH](OCC)C1CCC(N)CC1. The molecule has 0 bridgehead atoms. The van der Waals surface area contributed by atoms with Gasteiger partial charge in [0.15, 0.2) is 0 Å². The van der Waals surface area contributed by atoms with Crippen molar-refractivity contribution in [1.29, 1.82) is 0 Å². The summed E-state index contributed by atoms with van der Waals surface area (Å²) >= 11 is 0. The molecular weight excluding hydrogens is 194 g/mol. The lowest BCUT2D eigenvalue weighted by atomic mass is 9.96. The molecule has 84 valence electrons. The fraction of sp³-hybridized carbons (Fsp3) is 1.00. The van der Waals surface area contributed by atoms with E-state index in [1.807, 2.05) is 13.8 Å². The largest absolute Gasteiger partial charge is 0.397 e. The summed E-state index contributed by atoms with van der Waals surface area (Å²) in [5.41, 5.74) is 6.57. The molecule has 1 aliphatic rings. The van der Waals surface area contributed by atoms with Crippen molar-refractivity contribution in [2.24, 2.45) is 5.73 Å². The molecule has 4 heteroatoms. The van der Waals surface area contributed by atoms with Crippen LogP contribution in [0, 0.1) is 0 Å². The third kappa shape index (κ3) is 3.69. The molecule has 0 atom stereocenters. The molecule has 0 unspecified atom stereocenters. The maximum Gasteiger partial charge on any atom is 0.324 e. The molecule has 0 aromatic heterocycles.